The van der Waals surface area contributed by atoms with E-state index in [4.69, 9.17) is 10.3 Å². The summed E-state index contributed by atoms with van der Waals surface area (Å²) in [6, 6.07) is 1.66. The molecule has 1 fully saturated rings. The number of hydrazine groups is 1. The van der Waals surface area contributed by atoms with Gasteiger partial charge in [-0.05, 0) is 6.07 Å². The molecule has 0 aromatic carbocycles. The molecule has 0 atom stereocenters. The van der Waals surface area contributed by atoms with Crippen molar-refractivity contribution >= 4 is 11.8 Å². The minimum Gasteiger partial charge on any atom is -0.467 e. The first-order valence-corrected chi connectivity index (χ1v) is 5.76. The molecule has 2 amide bonds. The average Bonchev–Trinajstić information content (AvgIpc) is 2.73. The lowest BCUT2D eigenvalue weighted by molar-refractivity contribution is -0.120. The number of nitrogen functional groups attached to an aromatic ring is 1. The third-order valence-corrected chi connectivity index (χ3v) is 2.83. The Morgan fingerprint density at radius 2 is 2.39 bits per heavy atom. The molecule has 0 saturated carbocycles. The third-order valence-electron chi connectivity index (χ3n) is 2.83. The van der Waals surface area contributed by atoms with E-state index >= 15 is 0 Å². The Balaban J connectivity index is 1.94. The van der Waals surface area contributed by atoms with E-state index in [1.54, 1.807) is 6.07 Å². The SMILES string of the molecule is NNC(=O)c1coc(CN2CCNC(=O)CC2)c1. The molecule has 1 aliphatic heterocycles. The first-order chi connectivity index (χ1) is 8.69. The molecule has 0 bridgehead atoms. The van der Waals surface area contributed by atoms with Crippen molar-refractivity contribution in [1.29, 1.82) is 0 Å². The Morgan fingerprint density at radius 3 is 3.17 bits per heavy atom. The highest BCUT2D eigenvalue weighted by atomic mass is 16.3. The number of nitrogens with one attached hydrogen (secondary N) is 2. The highest BCUT2D eigenvalue weighted by Crippen LogP contribution is 2.11. The maximum absolute atomic E-state index is 11.3. The molecule has 1 aromatic rings. The van der Waals surface area contributed by atoms with Gasteiger partial charge in [0.2, 0.25) is 5.91 Å². The number of furan rings is 1. The minimum absolute atomic E-state index is 0.0696. The van der Waals surface area contributed by atoms with Crippen LogP contribution < -0.4 is 16.6 Å². The van der Waals surface area contributed by atoms with Crippen molar-refractivity contribution in [3.05, 3.63) is 23.7 Å². The topological polar surface area (TPSA) is 101 Å². The molecule has 1 aliphatic rings. The van der Waals surface area contributed by atoms with Crippen LogP contribution in [0.1, 0.15) is 22.5 Å². The van der Waals surface area contributed by atoms with Gasteiger partial charge in [0, 0.05) is 26.1 Å². The minimum atomic E-state index is -0.377. The monoisotopic (exact) mass is 252 g/mol. The molecule has 0 radical (unpaired) electrons. The van der Waals surface area contributed by atoms with Gasteiger partial charge < -0.3 is 9.73 Å². The number of rotatable bonds is 3. The molecular formula is C11H16N4O3. The van der Waals surface area contributed by atoms with Gasteiger partial charge in [-0.25, -0.2) is 5.84 Å². The molecule has 1 aromatic heterocycles. The van der Waals surface area contributed by atoms with Crippen LogP contribution in [0.25, 0.3) is 0 Å². The first-order valence-electron chi connectivity index (χ1n) is 5.76. The second kappa shape index (κ2) is 5.65. The summed E-state index contributed by atoms with van der Waals surface area (Å²) in [6.45, 7) is 2.66. The lowest BCUT2D eigenvalue weighted by Crippen LogP contribution is -2.29. The van der Waals surface area contributed by atoms with Gasteiger partial charge in [0.25, 0.3) is 5.91 Å². The zero-order valence-corrected chi connectivity index (χ0v) is 9.94. The number of nitrogens with zero attached hydrogens (tertiary/aromatic N) is 1. The zero-order chi connectivity index (χ0) is 13.0. The van der Waals surface area contributed by atoms with Crippen molar-refractivity contribution in [3.63, 3.8) is 0 Å². The van der Waals surface area contributed by atoms with Crippen LogP contribution >= 0.6 is 0 Å². The summed E-state index contributed by atoms with van der Waals surface area (Å²) in [5.74, 6) is 5.41. The van der Waals surface area contributed by atoms with Gasteiger partial charge in [0.1, 0.15) is 12.0 Å². The summed E-state index contributed by atoms with van der Waals surface area (Å²) in [6.07, 6.45) is 1.86. The second-order valence-electron chi connectivity index (χ2n) is 4.15. The highest BCUT2D eigenvalue weighted by Gasteiger charge is 2.16. The van der Waals surface area contributed by atoms with E-state index in [2.05, 4.69) is 10.2 Å². The smallest absolute Gasteiger partial charge is 0.268 e. The quantitative estimate of drug-likeness (QED) is 0.371. The van der Waals surface area contributed by atoms with Crippen molar-refractivity contribution in [2.24, 2.45) is 5.84 Å². The Labute approximate surface area is 104 Å². The molecule has 2 rings (SSSR count). The fraction of sp³-hybridized carbons (Fsp3) is 0.455. The van der Waals surface area contributed by atoms with Crippen LogP contribution in [0.2, 0.25) is 0 Å². The summed E-state index contributed by atoms with van der Waals surface area (Å²) in [4.78, 5) is 24.5. The van der Waals surface area contributed by atoms with Crippen LogP contribution in [0.3, 0.4) is 0 Å². The second-order valence-corrected chi connectivity index (χ2v) is 4.15. The van der Waals surface area contributed by atoms with Gasteiger partial charge in [-0.1, -0.05) is 0 Å². The van der Waals surface area contributed by atoms with Crippen molar-refractivity contribution in [2.75, 3.05) is 19.6 Å². The number of hydrogen-bond acceptors (Lipinski definition) is 5. The average molecular weight is 252 g/mol. The predicted molar refractivity (Wildman–Crippen MR) is 63.3 cm³/mol. The molecular weight excluding hydrogens is 236 g/mol. The van der Waals surface area contributed by atoms with Gasteiger partial charge in [0.15, 0.2) is 0 Å². The van der Waals surface area contributed by atoms with E-state index in [0.717, 1.165) is 6.54 Å². The number of carbonyl (C=O) groups excluding carboxylic acids is 2. The van der Waals surface area contributed by atoms with Crippen LogP contribution in [-0.2, 0) is 11.3 Å². The summed E-state index contributed by atoms with van der Waals surface area (Å²) >= 11 is 0. The van der Waals surface area contributed by atoms with E-state index in [1.807, 2.05) is 5.43 Å². The fourth-order valence-electron chi connectivity index (χ4n) is 1.86. The molecule has 7 nitrogen and oxygen atoms in total. The maximum atomic E-state index is 11.3. The molecule has 1 saturated heterocycles. The first kappa shape index (κ1) is 12.6. The standard InChI is InChI=1S/C11H16N4O3/c12-14-11(17)8-5-9(18-7-8)6-15-3-1-10(16)13-2-4-15/h5,7H,1-4,6,12H2,(H,13,16)(H,14,17). The molecule has 4 N–H and O–H groups in total. The van der Waals surface area contributed by atoms with Gasteiger partial charge in [-0.15, -0.1) is 0 Å². The van der Waals surface area contributed by atoms with Crippen LogP contribution in [0.4, 0.5) is 0 Å². The number of nitrogens with two attached hydrogens (primary N) is 1. The Hall–Kier alpha value is -1.86. The normalized spacial score (nSPS) is 17.1. The van der Waals surface area contributed by atoms with Crippen LogP contribution in [0.15, 0.2) is 16.7 Å². The molecule has 7 heteroatoms. The maximum Gasteiger partial charge on any atom is 0.268 e. The van der Waals surface area contributed by atoms with E-state index in [-0.39, 0.29) is 11.8 Å². The number of hydrogen-bond donors (Lipinski definition) is 3. The lowest BCUT2D eigenvalue weighted by Gasteiger charge is -2.16. The third kappa shape index (κ3) is 3.08. The van der Waals surface area contributed by atoms with Crippen LogP contribution in [0.5, 0.6) is 0 Å². The van der Waals surface area contributed by atoms with Gasteiger partial charge >= 0.3 is 0 Å². The highest BCUT2D eigenvalue weighted by molar-refractivity contribution is 5.93. The molecule has 0 aliphatic carbocycles. The number of amides is 2. The Kier molecular flexibility index (Phi) is 3.96. The van der Waals surface area contributed by atoms with Crippen molar-refractivity contribution in [2.45, 2.75) is 13.0 Å². The summed E-state index contributed by atoms with van der Waals surface area (Å²) in [5.41, 5.74) is 2.45. The predicted octanol–water partition coefficient (Wildman–Crippen LogP) is -0.795. The molecule has 0 unspecified atom stereocenters. The van der Waals surface area contributed by atoms with Crippen molar-refractivity contribution < 1.29 is 14.0 Å². The van der Waals surface area contributed by atoms with E-state index in [0.29, 0.717) is 37.4 Å². The summed E-state index contributed by atoms with van der Waals surface area (Å²) in [7, 11) is 0. The summed E-state index contributed by atoms with van der Waals surface area (Å²) in [5, 5.41) is 2.80. The Bertz CT molecular complexity index is 443. The van der Waals surface area contributed by atoms with Crippen molar-refractivity contribution in [3.8, 4) is 0 Å². The zero-order valence-electron chi connectivity index (χ0n) is 9.94. The Morgan fingerprint density at radius 1 is 1.56 bits per heavy atom. The lowest BCUT2D eigenvalue weighted by atomic mass is 10.3. The molecule has 0 spiro atoms. The van der Waals surface area contributed by atoms with Crippen molar-refractivity contribution in [1.82, 2.24) is 15.6 Å². The molecule has 18 heavy (non-hydrogen) atoms. The van der Waals surface area contributed by atoms with Gasteiger partial charge in [-0.3, -0.25) is 19.9 Å². The van der Waals surface area contributed by atoms with Crippen LogP contribution in [-0.4, -0.2) is 36.3 Å². The summed E-state index contributed by atoms with van der Waals surface area (Å²) < 4.78 is 5.29. The van der Waals surface area contributed by atoms with E-state index in [1.165, 1.54) is 6.26 Å². The largest absolute Gasteiger partial charge is 0.467 e. The van der Waals surface area contributed by atoms with Gasteiger partial charge in [-0.2, -0.15) is 0 Å². The fourth-order valence-corrected chi connectivity index (χ4v) is 1.86. The van der Waals surface area contributed by atoms with E-state index < -0.39 is 0 Å². The number of carbonyl (C=O) groups is 2. The molecule has 2 heterocycles. The van der Waals surface area contributed by atoms with Gasteiger partial charge in [0.05, 0.1) is 12.1 Å². The van der Waals surface area contributed by atoms with E-state index in [9.17, 15) is 9.59 Å². The van der Waals surface area contributed by atoms with Crippen LogP contribution in [0, 0.1) is 0 Å². The molecule has 98 valence electrons.